The van der Waals surface area contributed by atoms with Crippen LogP contribution in [0.3, 0.4) is 0 Å². The molecule has 0 fully saturated rings. The van der Waals surface area contributed by atoms with Crippen LogP contribution in [0.2, 0.25) is 0 Å². The fourth-order valence-corrected chi connectivity index (χ4v) is 0. The summed E-state index contributed by atoms with van der Waals surface area (Å²) in [5.41, 5.74) is -0.500. The maximum atomic E-state index is 8.78. The number of hydrogen-bond acceptors (Lipinski definition) is 2. The van der Waals surface area contributed by atoms with Crippen molar-refractivity contribution in [1.29, 1.82) is 0 Å². The van der Waals surface area contributed by atoms with Crippen LogP contribution in [-0.4, -0.2) is 18.8 Å². The predicted octanol–water partition coefficient (Wildman–Crippen LogP) is -0.458. The zero-order chi connectivity index (χ0) is 8.08. The molecule has 9 heavy (non-hydrogen) atoms. The van der Waals surface area contributed by atoms with Crippen molar-refractivity contribution >= 4 is 0 Å². The summed E-state index contributed by atoms with van der Waals surface area (Å²) in [5.74, 6) is 0. The van der Waals surface area contributed by atoms with Crippen LogP contribution in [0, 0.1) is 0 Å². The third-order valence-corrected chi connectivity index (χ3v) is 0. The fraction of sp³-hybridized carbons (Fsp3) is 1.00. The molecular formula is C4H12O4V. The Morgan fingerprint density at radius 1 is 1.22 bits per heavy atom. The van der Waals surface area contributed by atoms with E-state index in [4.69, 9.17) is 16.8 Å². The summed E-state index contributed by atoms with van der Waals surface area (Å²) in [4.78, 5) is 0. The molecule has 0 aromatic heterocycles. The second kappa shape index (κ2) is 5.08. The predicted molar refractivity (Wildman–Crippen MR) is 27.1 cm³/mol. The van der Waals surface area contributed by atoms with Gasteiger partial charge in [-0.1, -0.05) is 0 Å². The average Bonchev–Trinajstić information content (AvgIpc) is 1.19. The van der Waals surface area contributed by atoms with Crippen LogP contribution in [-0.2, 0) is 19.5 Å². The molecule has 0 saturated heterocycles. The van der Waals surface area contributed by atoms with E-state index in [2.05, 4.69) is 0 Å². The molecule has 57 valence electrons. The molecule has 0 spiro atoms. The van der Waals surface area contributed by atoms with Gasteiger partial charge < -0.3 is 5.11 Å². The van der Waals surface area contributed by atoms with Gasteiger partial charge in [0, 0.05) is 0 Å². The summed E-state index contributed by atoms with van der Waals surface area (Å²) in [6, 6.07) is 0. The molecule has 5 heteroatoms. The molecule has 0 unspecified atom stereocenters. The summed E-state index contributed by atoms with van der Waals surface area (Å²) in [7, 11) is 0. The van der Waals surface area contributed by atoms with Crippen LogP contribution in [0.1, 0.15) is 20.8 Å². The normalized spacial score (nSPS) is 9.56. The fourth-order valence-electron chi connectivity index (χ4n) is 0. The van der Waals surface area contributed by atoms with Gasteiger partial charge in [-0.15, -0.1) is 0 Å². The molecule has 0 aliphatic heterocycles. The number of aliphatic hydroxyl groups is 1. The maximum absolute atomic E-state index is 8.78. The Morgan fingerprint density at radius 2 is 1.22 bits per heavy atom. The molecule has 0 heterocycles. The van der Waals surface area contributed by atoms with Gasteiger partial charge in [-0.25, -0.2) is 0 Å². The molecule has 0 aliphatic carbocycles. The topological polar surface area (TPSA) is 77.8 Å². The standard InChI is InChI=1S/C4H10O.2H2O.O.V/c1-4(2,3)5;;;;/h5H,1-3H3;2*1H2;;/q;;;;+2/p-2. The first-order valence-electron chi connectivity index (χ1n) is 2.31. The SMILES string of the molecule is CC(C)(C)O.[O]=[V]([OH])[OH]. The van der Waals surface area contributed by atoms with Gasteiger partial charge in [0.25, 0.3) is 0 Å². The molecule has 0 bridgehead atoms. The van der Waals surface area contributed by atoms with Crippen LogP contribution >= 0.6 is 0 Å². The van der Waals surface area contributed by atoms with Gasteiger partial charge >= 0.3 is 27.5 Å². The summed E-state index contributed by atoms with van der Waals surface area (Å²) >= 11 is -3.44. The van der Waals surface area contributed by atoms with E-state index in [0.29, 0.717) is 0 Å². The molecule has 0 amide bonds. The second-order valence-corrected chi connectivity index (χ2v) is 3.21. The summed E-state index contributed by atoms with van der Waals surface area (Å²) in [6.07, 6.45) is 0. The molecular weight excluding hydrogens is 163 g/mol. The van der Waals surface area contributed by atoms with Crippen molar-refractivity contribution in [2.24, 2.45) is 0 Å². The molecule has 0 aromatic carbocycles. The monoisotopic (exact) mass is 175 g/mol. The van der Waals surface area contributed by atoms with Gasteiger partial charge in [-0.05, 0) is 20.8 Å². The number of rotatable bonds is 0. The van der Waals surface area contributed by atoms with Crippen molar-refractivity contribution in [3.63, 3.8) is 0 Å². The van der Waals surface area contributed by atoms with Gasteiger partial charge in [0.15, 0.2) is 0 Å². The molecule has 4 nitrogen and oxygen atoms in total. The molecule has 3 N–H and O–H groups in total. The van der Waals surface area contributed by atoms with Crippen molar-refractivity contribution in [3.05, 3.63) is 0 Å². The van der Waals surface area contributed by atoms with E-state index in [-0.39, 0.29) is 0 Å². The van der Waals surface area contributed by atoms with Crippen molar-refractivity contribution in [1.82, 2.24) is 0 Å². The third-order valence-electron chi connectivity index (χ3n) is 0. The molecule has 0 aliphatic rings. The van der Waals surface area contributed by atoms with E-state index in [1.54, 1.807) is 20.8 Å². The summed E-state index contributed by atoms with van der Waals surface area (Å²) in [6.45, 7) is 5.23. The van der Waals surface area contributed by atoms with E-state index in [1.807, 2.05) is 0 Å². The van der Waals surface area contributed by atoms with Crippen molar-refractivity contribution in [3.8, 4) is 0 Å². The van der Waals surface area contributed by atoms with Gasteiger partial charge in [0.1, 0.15) is 0 Å². The van der Waals surface area contributed by atoms with Gasteiger partial charge in [-0.2, -0.15) is 0 Å². The first kappa shape index (κ1) is 12.0. The molecule has 0 radical (unpaired) electrons. The Balaban J connectivity index is 0. The van der Waals surface area contributed by atoms with Crippen LogP contribution in [0.5, 0.6) is 0 Å². The van der Waals surface area contributed by atoms with Crippen molar-refractivity contribution in [2.75, 3.05) is 0 Å². The zero-order valence-electron chi connectivity index (χ0n) is 5.70. The van der Waals surface area contributed by atoms with E-state index < -0.39 is 21.4 Å². The first-order chi connectivity index (χ1) is 3.73. The number of hydrogen-bond donors (Lipinski definition) is 3. The Kier molecular flexibility index (Phi) is 6.77. The molecule has 0 aromatic rings. The van der Waals surface area contributed by atoms with Crippen LogP contribution in [0.4, 0.5) is 0 Å². The minimum atomic E-state index is -3.44. The van der Waals surface area contributed by atoms with Gasteiger partial charge in [-0.3, -0.25) is 0 Å². The Labute approximate surface area is 59.6 Å². The van der Waals surface area contributed by atoms with E-state index in [0.717, 1.165) is 0 Å². The average molecular weight is 175 g/mol. The van der Waals surface area contributed by atoms with Crippen LogP contribution < -0.4 is 0 Å². The van der Waals surface area contributed by atoms with E-state index in [1.165, 1.54) is 0 Å². The first-order valence-corrected chi connectivity index (χ1v) is 4.13. The Morgan fingerprint density at radius 3 is 1.22 bits per heavy atom. The van der Waals surface area contributed by atoms with Crippen molar-refractivity contribution in [2.45, 2.75) is 26.4 Å². The molecule has 0 atom stereocenters. The summed E-state index contributed by atoms with van der Waals surface area (Å²) < 4.78 is 23.2. The van der Waals surface area contributed by atoms with Crippen LogP contribution in [0.15, 0.2) is 0 Å². The van der Waals surface area contributed by atoms with E-state index in [9.17, 15) is 0 Å². The minimum absolute atomic E-state index is 0.500. The van der Waals surface area contributed by atoms with Crippen molar-refractivity contribution < 1.29 is 32.6 Å². The van der Waals surface area contributed by atoms with Gasteiger partial charge in [0.2, 0.25) is 0 Å². The third kappa shape index (κ3) is 4640. The zero-order valence-corrected chi connectivity index (χ0v) is 7.09. The molecule has 0 saturated carbocycles. The summed E-state index contributed by atoms with van der Waals surface area (Å²) in [5, 5.41) is 8.52. The van der Waals surface area contributed by atoms with Crippen LogP contribution in [0.25, 0.3) is 0 Å². The Hall–Kier alpha value is 0.264. The second-order valence-electron chi connectivity index (χ2n) is 2.42. The molecule has 0 rings (SSSR count). The Bertz CT molecular complexity index is 75.1. The van der Waals surface area contributed by atoms with E-state index >= 15 is 0 Å². The van der Waals surface area contributed by atoms with Gasteiger partial charge in [0.05, 0.1) is 5.60 Å². The quantitative estimate of drug-likeness (QED) is 0.465.